The van der Waals surface area contributed by atoms with E-state index in [-0.39, 0.29) is 11.1 Å². The molecule has 0 aliphatic heterocycles. The van der Waals surface area contributed by atoms with Crippen molar-refractivity contribution in [1.82, 2.24) is 5.32 Å². The Morgan fingerprint density at radius 3 is 2.93 bits per heavy atom. The molecule has 0 fully saturated rings. The predicted molar refractivity (Wildman–Crippen MR) is 61.4 cm³/mol. The number of benzene rings is 1. The maximum absolute atomic E-state index is 11.2. The van der Waals surface area contributed by atoms with Gasteiger partial charge in [0, 0.05) is 6.54 Å². The monoisotopic (exact) mass is 224 g/mol. The van der Waals surface area contributed by atoms with Crippen LogP contribution < -0.4 is 11.1 Å². The molecule has 5 heteroatoms. The maximum atomic E-state index is 11.2. The van der Waals surface area contributed by atoms with E-state index >= 15 is 0 Å². The van der Waals surface area contributed by atoms with E-state index in [1.54, 1.807) is 18.2 Å². The Hall–Kier alpha value is -1.62. The number of methoxy groups -OCH3 is 1. The molecule has 0 atom stereocenters. The van der Waals surface area contributed by atoms with E-state index in [2.05, 4.69) is 22.3 Å². The first kappa shape index (κ1) is 11.5. The lowest BCUT2D eigenvalue weighted by Crippen LogP contribution is -2.28. The quantitative estimate of drug-likeness (QED) is 0.587. The van der Waals surface area contributed by atoms with Crippen molar-refractivity contribution < 1.29 is 9.53 Å². The van der Waals surface area contributed by atoms with Crippen LogP contribution in [0.1, 0.15) is 15.9 Å². The van der Waals surface area contributed by atoms with Gasteiger partial charge in [0.1, 0.15) is 0 Å². The smallest absolute Gasteiger partial charge is 0.337 e. The molecule has 4 nitrogen and oxygen atoms in total. The van der Waals surface area contributed by atoms with E-state index in [1.807, 2.05) is 6.07 Å². The molecular weight excluding hydrogens is 212 g/mol. The van der Waals surface area contributed by atoms with Crippen molar-refractivity contribution in [2.45, 2.75) is 6.54 Å². The van der Waals surface area contributed by atoms with Gasteiger partial charge < -0.3 is 15.8 Å². The third-order valence-corrected chi connectivity index (χ3v) is 1.96. The number of carbonyl (C=O) groups excluding carboxylic acids is 1. The molecule has 0 aromatic heterocycles. The molecular formula is C10H12N2O2S. The fourth-order valence-corrected chi connectivity index (χ4v) is 1.19. The third-order valence-electron chi connectivity index (χ3n) is 1.81. The molecule has 0 heterocycles. The molecule has 0 saturated heterocycles. The topological polar surface area (TPSA) is 64.3 Å². The van der Waals surface area contributed by atoms with Crippen LogP contribution in [0.5, 0.6) is 0 Å². The van der Waals surface area contributed by atoms with Crippen LogP contribution in [-0.2, 0) is 11.3 Å². The van der Waals surface area contributed by atoms with Gasteiger partial charge in [0.05, 0.1) is 12.7 Å². The second kappa shape index (κ2) is 5.31. The molecule has 0 spiro atoms. The summed E-state index contributed by atoms with van der Waals surface area (Å²) in [5, 5.41) is 3.04. The third kappa shape index (κ3) is 3.55. The summed E-state index contributed by atoms with van der Waals surface area (Å²) in [4.78, 5) is 11.2. The molecule has 0 unspecified atom stereocenters. The summed E-state index contributed by atoms with van der Waals surface area (Å²) < 4.78 is 4.61. The lowest BCUT2D eigenvalue weighted by Gasteiger charge is -2.05. The Labute approximate surface area is 93.4 Å². The highest BCUT2D eigenvalue weighted by atomic mass is 32.1. The molecule has 1 aromatic rings. The Bertz CT molecular complexity index is 379. The minimum absolute atomic E-state index is 0.235. The molecule has 0 aliphatic carbocycles. The lowest BCUT2D eigenvalue weighted by molar-refractivity contribution is 0.0600. The van der Waals surface area contributed by atoms with Gasteiger partial charge in [0.25, 0.3) is 0 Å². The van der Waals surface area contributed by atoms with E-state index in [4.69, 9.17) is 5.73 Å². The summed E-state index contributed by atoms with van der Waals surface area (Å²) in [6.45, 7) is 0.500. The first-order valence-corrected chi connectivity index (χ1v) is 4.75. The fourth-order valence-electron chi connectivity index (χ4n) is 1.12. The van der Waals surface area contributed by atoms with Crippen LogP contribution in [0.4, 0.5) is 0 Å². The number of rotatable bonds is 3. The molecule has 3 N–H and O–H groups in total. The van der Waals surface area contributed by atoms with Crippen LogP contribution in [0.15, 0.2) is 24.3 Å². The largest absolute Gasteiger partial charge is 0.465 e. The number of carbonyl (C=O) groups is 1. The zero-order chi connectivity index (χ0) is 11.3. The lowest BCUT2D eigenvalue weighted by atomic mass is 10.1. The number of thiocarbonyl (C=S) groups is 1. The summed E-state index contributed by atoms with van der Waals surface area (Å²) in [5.41, 5.74) is 6.73. The molecule has 0 bridgehead atoms. The van der Waals surface area contributed by atoms with E-state index in [9.17, 15) is 4.79 Å². The second-order valence-electron chi connectivity index (χ2n) is 2.91. The maximum Gasteiger partial charge on any atom is 0.337 e. The highest BCUT2D eigenvalue weighted by Crippen LogP contribution is 2.06. The normalized spacial score (nSPS) is 9.40. The predicted octanol–water partition coefficient (Wildman–Crippen LogP) is 0.806. The van der Waals surface area contributed by atoms with Gasteiger partial charge in [-0.15, -0.1) is 0 Å². The Morgan fingerprint density at radius 1 is 1.60 bits per heavy atom. The molecule has 0 aliphatic rings. The van der Waals surface area contributed by atoms with Crippen molar-refractivity contribution >= 4 is 23.3 Å². The summed E-state index contributed by atoms with van der Waals surface area (Å²) >= 11 is 4.68. The van der Waals surface area contributed by atoms with Gasteiger partial charge in [-0.3, -0.25) is 0 Å². The summed E-state index contributed by atoms with van der Waals surface area (Å²) in [6, 6.07) is 7.08. The van der Waals surface area contributed by atoms with Crippen molar-refractivity contribution in [2.75, 3.05) is 7.11 Å². The zero-order valence-corrected chi connectivity index (χ0v) is 9.14. The minimum atomic E-state index is -0.354. The minimum Gasteiger partial charge on any atom is -0.465 e. The van der Waals surface area contributed by atoms with Crippen LogP contribution >= 0.6 is 12.2 Å². The van der Waals surface area contributed by atoms with E-state index < -0.39 is 0 Å². The van der Waals surface area contributed by atoms with Crippen molar-refractivity contribution in [3.05, 3.63) is 35.4 Å². The molecule has 0 radical (unpaired) electrons. The van der Waals surface area contributed by atoms with Gasteiger partial charge in [-0.1, -0.05) is 12.1 Å². The molecule has 0 amide bonds. The summed E-state index contributed by atoms with van der Waals surface area (Å²) in [6.07, 6.45) is 0. The highest BCUT2D eigenvalue weighted by molar-refractivity contribution is 7.80. The standard InChI is InChI=1S/C10H12N2O2S/c1-14-9(13)8-4-2-3-7(5-8)6-12-10(11)15/h2-5H,6H2,1H3,(H3,11,12,15). The Morgan fingerprint density at radius 2 is 2.33 bits per heavy atom. The van der Waals surface area contributed by atoms with Gasteiger partial charge in [0.15, 0.2) is 5.11 Å². The van der Waals surface area contributed by atoms with Crippen molar-refractivity contribution in [2.24, 2.45) is 5.73 Å². The van der Waals surface area contributed by atoms with Gasteiger partial charge in [0.2, 0.25) is 0 Å². The van der Waals surface area contributed by atoms with Gasteiger partial charge in [-0.25, -0.2) is 4.79 Å². The summed E-state index contributed by atoms with van der Waals surface area (Å²) in [7, 11) is 1.35. The van der Waals surface area contributed by atoms with Gasteiger partial charge >= 0.3 is 5.97 Å². The molecule has 15 heavy (non-hydrogen) atoms. The number of nitrogens with two attached hydrogens (primary N) is 1. The molecule has 1 aromatic carbocycles. The van der Waals surface area contributed by atoms with Gasteiger partial charge in [-0.05, 0) is 29.9 Å². The number of nitrogens with one attached hydrogen (secondary N) is 1. The van der Waals surface area contributed by atoms with Crippen LogP contribution in [0.25, 0.3) is 0 Å². The fraction of sp³-hybridized carbons (Fsp3) is 0.200. The van der Waals surface area contributed by atoms with Crippen molar-refractivity contribution in [3.8, 4) is 0 Å². The van der Waals surface area contributed by atoms with Gasteiger partial charge in [-0.2, -0.15) is 0 Å². The molecule has 0 saturated carbocycles. The summed E-state index contributed by atoms with van der Waals surface area (Å²) in [5.74, 6) is -0.354. The molecule has 80 valence electrons. The van der Waals surface area contributed by atoms with Crippen molar-refractivity contribution in [3.63, 3.8) is 0 Å². The number of ether oxygens (including phenoxy) is 1. The van der Waals surface area contributed by atoms with Crippen molar-refractivity contribution in [1.29, 1.82) is 0 Å². The van der Waals surface area contributed by atoms with Crippen LogP contribution in [0, 0.1) is 0 Å². The zero-order valence-electron chi connectivity index (χ0n) is 8.32. The van der Waals surface area contributed by atoms with Crippen LogP contribution in [0.2, 0.25) is 0 Å². The van der Waals surface area contributed by atoms with E-state index in [0.717, 1.165) is 5.56 Å². The van der Waals surface area contributed by atoms with E-state index in [1.165, 1.54) is 7.11 Å². The Balaban J connectivity index is 2.74. The van der Waals surface area contributed by atoms with Crippen LogP contribution in [-0.4, -0.2) is 18.2 Å². The number of esters is 1. The molecule has 1 rings (SSSR count). The average Bonchev–Trinajstić information content (AvgIpc) is 2.25. The number of hydrogen-bond donors (Lipinski definition) is 2. The first-order chi connectivity index (χ1) is 7.13. The average molecular weight is 224 g/mol. The second-order valence-corrected chi connectivity index (χ2v) is 3.35. The van der Waals surface area contributed by atoms with Crippen LogP contribution in [0.3, 0.4) is 0 Å². The van der Waals surface area contributed by atoms with E-state index in [0.29, 0.717) is 12.1 Å². The Kier molecular flexibility index (Phi) is 4.05. The SMILES string of the molecule is COC(=O)c1cccc(CNC(N)=S)c1. The first-order valence-electron chi connectivity index (χ1n) is 4.34. The highest BCUT2D eigenvalue weighted by Gasteiger charge is 2.05. The number of hydrogen-bond acceptors (Lipinski definition) is 3.